The quantitative estimate of drug-likeness (QED) is 0.110. The molecule has 2 N–H and O–H groups in total. The molecule has 9 rings (SSSR count). The summed E-state index contributed by atoms with van der Waals surface area (Å²) in [5, 5.41) is 25.4. The summed E-state index contributed by atoms with van der Waals surface area (Å²) in [4.78, 5) is 31.1. The van der Waals surface area contributed by atoms with Gasteiger partial charge in [0.2, 0.25) is 22.6 Å². The topological polar surface area (TPSA) is 85.6 Å². The van der Waals surface area contributed by atoms with Crippen LogP contribution in [0.2, 0.25) is 0 Å². The number of hydrogen-bond acceptors (Lipinski definition) is 7. The Bertz CT molecular complexity index is 2610. The van der Waals surface area contributed by atoms with Gasteiger partial charge in [-0.05, 0) is 47.4 Å². The van der Waals surface area contributed by atoms with Crippen molar-refractivity contribution < 1.29 is 28.9 Å². The van der Waals surface area contributed by atoms with Crippen LogP contribution in [0.15, 0.2) is 107 Å². The normalized spacial score (nSPS) is 18.1. The van der Waals surface area contributed by atoms with Gasteiger partial charge in [-0.25, -0.2) is 0 Å². The van der Waals surface area contributed by atoms with E-state index in [4.69, 9.17) is 0 Å². The number of benzene rings is 3. The fourth-order valence-electron chi connectivity index (χ4n) is 7.94. The number of nitrogens with zero attached hydrogens (tertiary/aromatic N) is 3. The number of thiazole rings is 2. The summed E-state index contributed by atoms with van der Waals surface area (Å²) in [5.74, 6) is -0.972. The van der Waals surface area contributed by atoms with Crippen molar-refractivity contribution in [2.24, 2.45) is 0 Å². The first-order valence-corrected chi connectivity index (χ1v) is 20.1. The molecular formula is C44H39N3O4S2+2. The number of carbonyl (C=O) groups excluding carboxylic acids is 2. The highest BCUT2D eigenvalue weighted by Gasteiger charge is 2.48. The molecule has 2 aromatic heterocycles. The van der Waals surface area contributed by atoms with Crippen LogP contribution in [0.3, 0.4) is 0 Å². The number of hydrogen-bond donors (Lipinski definition) is 2. The van der Waals surface area contributed by atoms with Crippen LogP contribution in [0, 0.1) is 0 Å². The molecule has 4 aliphatic rings. The second kappa shape index (κ2) is 13.2. The lowest BCUT2D eigenvalue weighted by Crippen LogP contribution is -2.39. The smallest absolute Gasteiger partial charge is 0.271 e. The summed E-state index contributed by atoms with van der Waals surface area (Å²) in [6.45, 7) is 6.52. The van der Waals surface area contributed by atoms with Gasteiger partial charge in [0.15, 0.2) is 13.1 Å². The van der Waals surface area contributed by atoms with Gasteiger partial charge in [-0.2, -0.15) is 9.13 Å². The number of fused-ring (bicyclic) bond motifs is 2. The summed E-state index contributed by atoms with van der Waals surface area (Å²) in [6, 6.07) is 20.2. The van der Waals surface area contributed by atoms with E-state index in [1.54, 1.807) is 17.4 Å². The first kappa shape index (κ1) is 33.5. The zero-order chi connectivity index (χ0) is 36.4. The van der Waals surface area contributed by atoms with Crippen LogP contribution >= 0.6 is 22.7 Å². The zero-order valence-corrected chi connectivity index (χ0v) is 31.3. The molecule has 0 spiro atoms. The molecule has 3 aromatic carbocycles. The molecular weight excluding hydrogens is 699 g/mol. The average molecular weight is 738 g/mol. The van der Waals surface area contributed by atoms with Crippen molar-refractivity contribution in [2.75, 3.05) is 11.4 Å². The van der Waals surface area contributed by atoms with E-state index < -0.39 is 0 Å². The van der Waals surface area contributed by atoms with E-state index in [-0.39, 0.29) is 45.4 Å². The molecule has 9 heteroatoms. The SMILES string of the molecule is CCCC[n+]1c(C=C2C(=O)C(C(=C3C(=O)C(c4cc5c6c(c4)CC=CN6CC=C5)=C3O)c3sc4ccccc4[n+]3CCCC)=C2O)sc2ccccc21. The molecule has 0 radical (unpaired) electrons. The number of allylic oxidation sites excluding steroid dienone is 6. The Morgan fingerprint density at radius 1 is 0.849 bits per heavy atom. The Kier molecular flexibility index (Phi) is 8.35. The van der Waals surface area contributed by atoms with Gasteiger partial charge in [0.1, 0.15) is 20.9 Å². The average Bonchev–Trinajstić information content (AvgIpc) is 3.72. The molecule has 7 nitrogen and oxygen atoms in total. The van der Waals surface area contributed by atoms with Gasteiger partial charge in [-0.3, -0.25) is 9.59 Å². The lowest BCUT2D eigenvalue weighted by molar-refractivity contribution is -0.669. The van der Waals surface area contributed by atoms with Crippen molar-refractivity contribution in [3.05, 3.63) is 134 Å². The maximum Gasteiger partial charge on any atom is 0.271 e. The van der Waals surface area contributed by atoms with Gasteiger partial charge < -0.3 is 15.1 Å². The van der Waals surface area contributed by atoms with Crippen LogP contribution in [0.1, 0.15) is 66.2 Å². The third-order valence-electron chi connectivity index (χ3n) is 10.6. The fourth-order valence-corrected chi connectivity index (χ4v) is 10.3. The Labute approximate surface area is 315 Å². The molecule has 4 heterocycles. The summed E-state index contributed by atoms with van der Waals surface area (Å²) in [5.41, 5.74) is 6.87. The predicted molar refractivity (Wildman–Crippen MR) is 214 cm³/mol. The molecule has 0 atom stereocenters. The number of aliphatic hydroxyl groups is 2. The lowest BCUT2D eigenvalue weighted by atomic mass is 9.74. The number of aryl methyl sites for hydroxylation is 2. The predicted octanol–water partition coefficient (Wildman–Crippen LogP) is 8.98. The summed E-state index contributed by atoms with van der Waals surface area (Å²) < 4.78 is 6.45. The maximum atomic E-state index is 14.5. The number of aromatic nitrogens is 2. The van der Waals surface area contributed by atoms with Crippen molar-refractivity contribution in [2.45, 2.75) is 59.0 Å². The van der Waals surface area contributed by atoms with Crippen molar-refractivity contribution in [1.82, 2.24) is 0 Å². The molecule has 0 bridgehead atoms. The van der Waals surface area contributed by atoms with Crippen LogP contribution in [-0.4, -0.2) is 28.3 Å². The number of rotatable bonds is 10. The highest BCUT2D eigenvalue weighted by Crippen LogP contribution is 2.49. The molecule has 0 saturated heterocycles. The van der Waals surface area contributed by atoms with E-state index in [2.05, 4.69) is 64.4 Å². The number of para-hydroxylation sites is 2. The number of Topliss-reactive ketones (excluding diaryl/α,β-unsaturated/α-hetero) is 2. The highest BCUT2D eigenvalue weighted by atomic mass is 32.1. The van der Waals surface area contributed by atoms with E-state index in [1.165, 1.54) is 11.3 Å². The minimum atomic E-state index is -0.340. The zero-order valence-electron chi connectivity index (χ0n) is 29.7. The first-order valence-electron chi connectivity index (χ1n) is 18.4. The Balaban J connectivity index is 1.24. The second-order valence-electron chi connectivity index (χ2n) is 13.9. The first-order chi connectivity index (χ1) is 25.9. The van der Waals surface area contributed by atoms with Crippen molar-refractivity contribution in [3.8, 4) is 0 Å². The van der Waals surface area contributed by atoms with Crippen molar-refractivity contribution in [3.63, 3.8) is 0 Å². The van der Waals surface area contributed by atoms with Gasteiger partial charge in [-0.1, -0.05) is 91.9 Å². The van der Waals surface area contributed by atoms with E-state index in [0.29, 0.717) is 22.7 Å². The molecule has 5 aromatic rings. The Hall–Kier alpha value is -5.38. The van der Waals surface area contributed by atoms with Crippen molar-refractivity contribution >= 4 is 83.7 Å². The monoisotopic (exact) mass is 737 g/mol. The lowest BCUT2D eigenvalue weighted by Gasteiger charge is -2.32. The van der Waals surface area contributed by atoms with Gasteiger partial charge in [0, 0.05) is 43.8 Å². The molecule has 2 aliphatic carbocycles. The molecule has 2 aliphatic heterocycles. The molecule has 0 saturated carbocycles. The van der Waals surface area contributed by atoms with Crippen LogP contribution in [-0.2, 0) is 29.1 Å². The fraction of sp³-hybridized carbons (Fsp3) is 0.227. The van der Waals surface area contributed by atoms with Crippen molar-refractivity contribution in [1.29, 1.82) is 0 Å². The Morgan fingerprint density at radius 2 is 1.55 bits per heavy atom. The number of ketones is 2. The van der Waals surface area contributed by atoms with Crippen LogP contribution in [0.25, 0.3) is 43.7 Å². The minimum absolute atomic E-state index is 0.0764. The summed E-state index contributed by atoms with van der Waals surface area (Å²) in [6.07, 6.45) is 14.7. The third-order valence-corrected chi connectivity index (χ3v) is 12.9. The largest absolute Gasteiger partial charge is 0.506 e. The third kappa shape index (κ3) is 5.28. The second-order valence-corrected chi connectivity index (χ2v) is 16.0. The van der Waals surface area contributed by atoms with Crippen LogP contribution in [0.4, 0.5) is 5.69 Å². The summed E-state index contributed by atoms with van der Waals surface area (Å²) in [7, 11) is 0. The Morgan fingerprint density at radius 3 is 2.26 bits per heavy atom. The van der Waals surface area contributed by atoms with E-state index in [9.17, 15) is 19.8 Å². The van der Waals surface area contributed by atoms with E-state index >= 15 is 0 Å². The van der Waals surface area contributed by atoms with Gasteiger partial charge in [0.25, 0.3) is 10.0 Å². The van der Waals surface area contributed by atoms with E-state index in [1.807, 2.05) is 48.5 Å². The number of anilines is 1. The van der Waals surface area contributed by atoms with Gasteiger partial charge in [-0.15, -0.1) is 0 Å². The minimum Gasteiger partial charge on any atom is -0.506 e. The van der Waals surface area contributed by atoms with Crippen LogP contribution in [0.5, 0.6) is 0 Å². The highest BCUT2D eigenvalue weighted by molar-refractivity contribution is 7.19. The molecule has 264 valence electrons. The molecule has 0 unspecified atom stereocenters. The van der Waals surface area contributed by atoms with Gasteiger partial charge in [0.05, 0.1) is 33.6 Å². The number of carbonyl (C=O) groups is 2. The number of aliphatic hydroxyl groups excluding tert-OH is 2. The molecule has 53 heavy (non-hydrogen) atoms. The van der Waals surface area contributed by atoms with E-state index in [0.717, 1.165) is 87.4 Å². The molecule has 0 amide bonds. The van der Waals surface area contributed by atoms with Gasteiger partial charge >= 0.3 is 0 Å². The standard InChI is InChI=1S/C44H37N3O4S2/c1-3-5-21-46-30-15-7-9-17-32(30)52-34(46)25-29-40(48)37(41(29)49)36(44-47(22-6-4-2)31-16-8-10-18-33(31)53-44)38-42(50)35(43(38)51)28-23-26-13-11-19-45-20-12-14-27(24-28)39(26)45/h7-13,15-18,20,23-25H,3-6,14,19,21-22H2,1-2H3/p+2. The molecule has 0 fully saturated rings. The number of unbranched alkanes of at least 4 members (excludes halogenated alkanes) is 2. The summed E-state index contributed by atoms with van der Waals surface area (Å²) >= 11 is 3.06. The van der Waals surface area contributed by atoms with Crippen LogP contribution < -0.4 is 14.0 Å². The maximum absolute atomic E-state index is 14.5.